The Bertz CT molecular complexity index is 1290. The standard InChI is InChI=1S/C31H45F2N5O9S/c1-23(30(39)38-31(35)36)20-24-21-27(32)29(28(33)22-24)47-25-2-4-26(5-3-25)48(40)37-7-9-42-11-13-44-15-17-46-19-18-45-16-14-43-12-10-41-8-6-34/h2-5,20-22,37H,6-19,34H2,1H3,(H4,35,36,38,39)/b23-20+. The number of amides is 1. The Morgan fingerprint density at radius 2 is 1.25 bits per heavy atom. The van der Waals surface area contributed by atoms with Crippen molar-refractivity contribution in [2.45, 2.75) is 11.8 Å². The normalized spacial score (nSPS) is 12.2. The maximum atomic E-state index is 14.6. The molecule has 0 bridgehead atoms. The lowest BCUT2D eigenvalue weighted by Gasteiger charge is -2.10. The van der Waals surface area contributed by atoms with E-state index in [1.807, 2.05) is 0 Å². The van der Waals surface area contributed by atoms with Gasteiger partial charge in [0.1, 0.15) is 16.7 Å². The number of nitrogens with one attached hydrogen (secondary N) is 1. The topological polar surface area (TPSA) is 201 Å². The van der Waals surface area contributed by atoms with Crippen molar-refractivity contribution in [3.8, 4) is 11.5 Å². The van der Waals surface area contributed by atoms with Crippen LogP contribution in [0.15, 0.2) is 51.9 Å². The Morgan fingerprint density at radius 3 is 1.71 bits per heavy atom. The molecule has 0 aliphatic rings. The second kappa shape index (κ2) is 24.7. The van der Waals surface area contributed by atoms with Gasteiger partial charge in [0.15, 0.2) is 23.3 Å². The molecule has 7 N–H and O–H groups in total. The van der Waals surface area contributed by atoms with Gasteiger partial charge in [-0.25, -0.2) is 17.7 Å². The molecule has 268 valence electrons. The first-order valence-electron chi connectivity index (χ1n) is 15.1. The molecule has 0 radical (unpaired) electrons. The lowest BCUT2D eigenvalue weighted by molar-refractivity contribution is -0.114. The van der Waals surface area contributed by atoms with Crippen LogP contribution in [0.3, 0.4) is 0 Å². The lowest BCUT2D eigenvalue weighted by atomic mass is 10.1. The summed E-state index contributed by atoms with van der Waals surface area (Å²) in [6, 6.07) is 7.88. The molecule has 1 unspecified atom stereocenters. The fourth-order valence-corrected chi connectivity index (χ4v) is 4.42. The van der Waals surface area contributed by atoms with Crippen LogP contribution in [0.1, 0.15) is 12.5 Å². The predicted octanol–water partition coefficient (Wildman–Crippen LogP) is 1.63. The summed E-state index contributed by atoms with van der Waals surface area (Å²) in [5.41, 5.74) is 15.8. The highest BCUT2D eigenvalue weighted by molar-refractivity contribution is 7.83. The molecule has 0 heterocycles. The third kappa shape index (κ3) is 17.7. The van der Waals surface area contributed by atoms with Gasteiger partial charge in [0.25, 0.3) is 5.91 Å². The van der Waals surface area contributed by atoms with E-state index in [1.54, 1.807) is 0 Å². The molecule has 1 atom stereocenters. The maximum absolute atomic E-state index is 14.6. The molecule has 2 rings (SSSR count). The van der Waals surface area contributed by atoms with Gasteiger partial charge >= 0.3 is 0 Å². The number of hydrogen-bond acceptors (Lipinski definition) is 10. The Hall–Kier alpha value is -3.39. The van der Waals surface area contributed by atoms with E-state index in [1.165, 1.54) is 37.3 Å². The van der Waals surface area contributed by atoms with Crippen molar-refractivity contribution < 1.29 is 50.9 Å². The minimum atomic E-state index is -1.55. The van der Waals surface area contributed by atoms with Crippen molar-refractivity contribution >= 4 is 28.9 Å². The minimum absolute atomic E-state index is 0.0734. The highest BCUT2D eigenvalue weighted by Gasteiger charge is 2.15. The van der Waals surface area contributed by atoms with E-state index in [0.717, 1.165) is 12.1 Å². The molecule has 0 saturated carbocycles. The van der Waals surface area contributed by atoms with Crippen molar-refractivity contribution in [2.24, 2.45) is 22.2 Å². The van der Waals surface area contributed by atoms with E-state index >= 15 is 0 Å². The smallest absolute Gasteiger partial charge is 0.275 e. The Morgan fingerprint density at radius 1 is 0.792 bits per heavy atom. The lowest BCUT2D eigenvalue weighted by Crippen LogP contribution is -2.24. The van der Waals surface area contributed by atoms with Gasteiger partial charge in [0.05, 0.1) is 84.2 Å². The summed E-state index contributed by atoms with van der Waals surface area (Å²) in [7, 11) is -1.55. The summed E-state index contributed by atoms with van der Waals surface area (Å²) in [4.78, 5) is 15.6. The fraction of sp³-hybridized carbons (Fsp3) is 0.484. The highest BCUT2D eigenvalue weighted by Crippen LogP contribution is 2.30. The van der Waals surface area contributed by atoms with Crippen LogP contribution >= 0.6 is 0 Å². The van der Waals surface area contributed by atoms with Gasteiger partial charge in [-0.3, -0.25) is 4.79 Å². The molecule has 2 aromatic rings. The molecule has 0 aliphatic carbocycles. The number of benzene rings is 2. The predicted molar refractivity (Wildman–Crippen MR) is 176 cm³/mol. The summed E-state index contributed by atoms with van der Waals surface area (Å²) >= 11 is 0. The second-order valence-corrected chi connectivity index (χ2v) is 11.0. The first-order chi connectivity index (χ1) is 23.2. The monoisotopic (exact) mass is 701 g/mol. The molecule has 0 saturated heterocycles. The molecular formula is C31H45F2N5O9S. The van der Waals surface area contributed by atoms with Crippen LogP contribution in [0.4, 0.5) is 8.78 Å². The molecule has 0 aliphatic heterocycles. The van der Waals surface area contributed by atoms with E-state index in [4.69, 9.17) is 50.4 Å². The van der Waals surface area contributed by atoms with Gasteiger partial charge in [0.2, 0.25) is 0 Å². The zero-order chi connectivity index (χ0) is 35.0. The second-order valence-electron chi connectivity index (χ2n) is 9.68. The summed E-state index contributed by atoms with van der Waals surface area (Å²) < 4.78 is 82.3. The van der Waals surface area contributed by atoms with Gasteiger partial charge < -0.3 is 50.4 Å². The Labute approximate surface area is 281 Å². The van der Waals surface area contributed by atoms with Crippen LogP contribution in [-0.2, 0) is 44.2 Å². The molecule has 0 aromatic heterocycles. The van der Waals surface area contributed by atoms with Crippen molar-refractivity contribution in [2.75, 3.05) is 92.4 Å². The molecule has 17 heteroatoms. The van der Waals surface area contributed by atoms with Crippen LogP contribution < -0.4 is 26.7 Å². The van der Waals surface area contributed by atoms with Crippen molar-refractivity contribution in [1.29, 1.82) is 0 Å². The number of nitrogens with two attached hydrogens (primary N) is 3. The third-order valence-corrected chi connectivity index (χ3v) is 7.00. The molecule has 2 aromatic carbocycles. The van der Waals surface area contributed by atoms with Crippen LogP contribution in [0.2, 0.25) is 0 Å². The van der Waals surface area contributed by atoms with E-state index in [9.17, 15) is 17.8 Å². The summed E-state index contributed by atoms with van der Waals surface area (Å²) in [6.45, 7) is 7.56. The number of ether oxygens (including phenoxy) is 7. The first-order valence-corrected chi connectivity index (χ1v) is 16.3. The van der Waals surface area contributed by atoms with Gasteiger partial charge in [-0.05, 0) is 55.0 Å². The molecule has 0 fully saturated rings. The number of guanidine groups is 1. The van der Waals surface area contributed by atoms with Crippen LogP contribution in [0.5, 0.6) is 11.5 Å². The van der Waals surface area contributed by atoms with E-state index < -0.39 is 40.2 Å². The van der Waals surface area contributed by atoms with Gasteiger partial charge in [-0.15, -0.1) is 0 Å². The van der Waals surface area contributed by atoms with E-state index in [-0.39, 0.29) is 16.9 Å². The number of halogens is 2. The molecular weight excluding hydrogens is 656 g/mol. The van der Waals surface area contributed by atoms with Crippen molar-refractivity contribution in [3.05, 3.63) is 59.2 Å². The highest BCUT2D eigenvalue weighted by atomic mass is 32.2. The largest absolute Gasteiger partial charge is 0.451 e. The third-order valence-electron chi connectivity index (χ3n) is 5.83. The van der Waals surface area contributed by atoms with E-state index in [2.05, 4.69) is 9.71 Å². The quantitative estimate of drug-likeness (QED) is 0.0479. The summed E-state index contributed by atoms with van der Waals surface area (Å²) in [5, 5.41) is 0. The fourth-order valence-electron chi connectivity index (χ4n) is 3.60. The zero-order valence-corrected chi connectivity index (χ0v) is 27.8. The Kier molecular flexibility index (Phi) is 21.0. The van der Waals surface area contributed by atoms with E-state index in [0.29, 0.717) is 97.3 Å². The van der Waals surface area contributed by atoms with Crippen LogP contribution in [0.25, 0.3) is 6.08 Å². The summed E-state index contributed by atoms with van der Waals surface area (Å²) in [5.74, 6) is -3.65. The average Bonchev–Trinajstić information content (AvgIpc) is 3.05. The Balaban J connectivity index is 1.55. The van der Waals surface area contributed by atoms with Gasteiger partial charge in [-0.2, -0.15) is 4.99 Å². The first kappa shape index (κ1) is 40.8. The molecule has 48 heavy (non-hydrogen) atoms. The SMILES string of the molecule is C/C(=C\c1cc(F)c(Oc2ccc(S(=O)NCCOCCOCCOCCOCCOCCOCCN)cc2)c(F)c1)C(=O)N=C(N)N. The number of carbonyl (C=O) groups is 1. The average molecular weight is 702 g/mol. The van der Waals surface area contributed by atoms with Gasteiger partial charge in [-0.1, -0.05) is 0 Å². The van der Waals surface area contributed by atoms with Gasteiger partial charge in [0, 0.05) is 18.7 Å². The molecule has 1 amide bonds. The van der Waals surface area contributed by atoms with Crippen molar-refractivity contribution in [3.63, 3.8) is 0 Å². The zero-order valence-electron chi connectivity index (χ0n) is 27.0. The van der Waals surface area contributed by atoms with Crippen molar-refractivity contribution in [1.82, 2.24) is 4.72 Å². The van der Waals surface area contributed by atoms with Crippen LogP contribution in [0, 0.1) is 11.6 Å². The number of aliphatic imine (C=N–C) groups is 1. The number of nitrogens with zero attached hydrogens (tertiary/aromatic N) is 1. The number of rotatable bonds is 26. The summed E-state index contributed by atoms with van der Waals surface area (Å²) in [6.07, 6.45) is 1.24. The van der Waals surface area contributed by atoms with Crippen LogP contribution in [-0.4, -0.2) is 108 Å². The molecule has 0 spiro atoms. The molecule has 14 nitrogen and oxygen atoms in total. The number of hydrogen-bond donors (Lipinski definition) is 4. The number of carbonyl (C=O) groups excluding carboxylic acids is 1. The maximum Gasteiger partial charge on any atom is 0.275 e. The minimum Gasteiger partial charge on any atom is -0.451 e.